The lowest BCUT2D eigenvalue weighted by Gasteiger charge is -2.12. The average Bonchev–Trinajstić information content (AvgIpc) is 2.37. The largest absolute Gasteiger partial charge is 0.314 e. The molecule has 1 N–H and O–H groups in total. The lowest BCUT2D eigenvalue weighted by atomic mass is 10.1. The molecule has 0 saturated carbocycles. The van der Waals surface area contributed by atoms with Crippen LogP contribution < -0.4 is 5.32 Å². The third-order valence-electron chi connectivity index (χ3n) is 2.79. The van der Waals surface area contributed by atoms with E-state index in [1.165, 1.54) is 36.3 Å². The molecular weight excluding hydrogens is 226 g/mol. The number of benzene rings is 1. The Balaban J connectivity index is 1.97. The third kappa shape index (κ3) is 7.45. The van der Waals surface area contributed by atoms with Crippen molar-refractivity contribution in [2.75, 3.05) is 12.3 Å². The molecule has 17 heavy (non-hydrogen) atoms. The van der Waals surface area contributed by atoms with E-state index in [4.69, 9.17) is 0 Å². The Kier molecular flexibility index (Phi) is 8.20. The number of rotatable bonds is 9. The quantitative estimate of drug-likeness (QED) is 0.517. The molecule has 0 radical (unpaired) electrons. The van der Waals surface area contributed by atoms with Crippen LogP contribution >= 0.6 is 11.8 Å². The molecule has 1 unspecified atom stereocenters. The van der Waals surface area contributed by atoms with Crippen molar-refractivity contribution in [1.29, 1.82) is 0 Å². The molecule has 0 heterocycles. The molecule has 0 spiro atoms. The van der Waals surface area contributed by atoms with Crippen molar-refractivity contribution in [3.63, 3.8) is 0 Å². The minimum atomic E-state index is 0.677. The highest BCUT2D eigenvalue weighted by Gasteiger charge is 2.00. The first kappa shape index (κ1) is 14.6. The van der Waals surface area contributed by atoms with Crippen LogP contribution in [0.1, 0.15) is 39.5 Å². The smallest absolute Gasteiger partial charge is 0.00719 e. The Hall–Kier alpha value is -0.470. The molecule has 0 aliphatic heterocycles. The molecule has 0 aliphatic rings. The van der Waals surface area contributed by atoms with Gasteiger partial charge in [-0.1, -0.05) is 31.5 Å². The SMILES string of the molecule is CCCNC(C)CCCCSc1ccccc1. The molecule has 0 bridgehead atoms. The van der Waals surface area contributed by atoms with Crippen molar-refractivity contribution in [1.82, 2.24) is 5.32 Å². The average molecular weight is 251 g/mol. The molecule has 1 aromatic carbocycles. The Morgan fingerprint density at radius 2 is 1.94 bits per heavy atom. The summed E-state index contributed by atoms with van der Waals surface area (Å²) in [6.45, 7) is 5.66. The maximum Gasteiger partial charge on any atom is 0.00719 e. The van der Waals surface area contributed by atoms with E-state index >= 15 is 0 Å². The maximum absolute atomic E-state index is 3.53. The van der Waals surface area contributed by atoms with Crippen molar-refractivity contribution in [3.05, 3.63) is 30.3 Å². The molecule has 0 aliphatic carbocycles. The van der Waals surface area contributed by atoms with E-state index < -0.39 is 0 Å². The van der Waals surface area contributed by atoms with Gasteiger partial charge in [0.15, 0.2) is 0 Å². The molecule has 1 rings (SSSR count). The van der Waals surface area contributed by atoms with Gasteiger partial charge in [-0.2, -0.15) is 0 Å². The van der Waals surface area contributed by atoms with E-state index in [0.717, 1.165) is 6.54 Å². The first-order valence-corrected chi connectivity index (χ1v) is 7.72. The van der Waals surface area contributed by atoms with Gasteiger partial charge in [-0.05, 0) is 50.6 Å². The van der Waals surface area contributed by atoms with E-state index in [9.17, 15) is 0 Å². The molecule has 1 atom stereocenters. The van der Waals surface area contributed by atoms with Crippen LogP contribution in [0.4, 0.5) is 0 Å². The Labute approximate surface area is 110 Å². The van der Waals surface area contributed by atoms with Crippen molar-refractivity contribution >= 4 is 11.8 Å². The van der Waals surface area contributed by atoms with Gasteiger partial charge >= 0.3 is 0 Å². The van der Waals surface area contributed by atoms with Crippen LogP contribution in [0.25, 0.3) is 0 Å². The topological polar surface area (TPSA) is 12.0 Å². The first-order chi connectivity index (χ1) is 8.33. The lowest BCUT2D eigenvalue weighted by molar-refractivity contribution is 0.496. The number of hydrogen-bond donors (Lipinski definition) is 1. The molecule has 0 saturated heterocycles. The first-order valence-electron chi connectivity index (χ1n) is 6.74. The monoisotopic (exact) mass is 251 g/mol. The summed E-state index contributed by atoms with van der Waals surface area (Å²) in [4.78, 5) is 1.39. The van der Waals surface area contributed by atoms with E-state index in [1.807, 2.05) is 11.8 Å². The van der Waals surface area contributed by atoms with Crippen LogP contribution in [-0.4, -0.2) is 18.3 Å². The second-order valence-corrected chi connectivity index (χ2v) is 5.68. The molecule has 2 heteroatoms. The molecule has 0 aromatic heterocycles. The van der Waals surface area contributed by atoms with Crippen LogP contribution in [-0.2, 0) is 0 Å². The molecule has 0 amide bonds. The predicted octanol–water partition coefficient (Wildman–Crippen LogP) is 4.34. The summed E-state index contributed by atoms with van der Waals surface area (Å²) in [5, 5.41) is 3.53. The van der Waals surface area contributed by atoms with Gasteiger partial charge in [0.1, 0.15) is 0 Å². The summed E-state index contributed by atoms with van der Waals surface area (Å²) in [5.41, 5.74) is 0. The van der Waals surface area contributed by atoms with Gasteiger partial charge < -0.3 is 5.32 Å². The van der Waals surface area contributed by atoms with Crippen molar-refractivity contribution in [2.24, 2.45) is 0 Å². The van der Waals surface area contributed by atoms with Gasteiger partial charge in [0.05, 0.1) is 0 Å². The zero-order valence-electron chi connectivity index (χ0n) is 11.1. The summed E-state index contributed by atoms with van der Waals surface area (Å²) in [6.07, 6.45) is 5.18. The Morgan fingerprint density at radius 3 is 2.65 bits per heavy atom. The summed E-state index contributed by atoms with van der Waals surface area (Å²) >= 11 is 1.97. The molecule has 1 aromatic rings. The number of thioether (sulfide) groups is 1. The van der Waals surface area contributed by atoms with Crippen LogP contribution in [0.5, 0.6) is 0 Å². The van der Waals surface area contributed by atoms with Crippen LogP contribution in [0, 0.1) is 0 Å². The van der Waals surface area contributed by atoms with E-state index in [2.05, 4.69) is 49.5 Å². The zero-order valence-corrected chi connectivity index (χ0v) is 11.9. The van der Waals surface area contributed by atoms with Crippen molar-refractivity contribution < 1.29 is 0 Å². The van der Waals surface area contributed by atoms with Crippen LogP contribution in [0.3, 0.4) is 0 Å². The molecule has 1 nitrogen and oxygen atoms in total. The highest BCUT2D eigenvalue weighted by atomic mass is 32.2. The van der Waals surface area contributed by atoms with E-state index in [0.29, 0.717) is 6.04 Å². The zero-order chi connectivity index (χ0) is 12.3. The molecule has 96 valence electrons. The summed E-state index contributed by atoms with van der Waals surface area (Å²) < 4.78 is 0. The fourth-order valence-electron chi connectivity index (χ4n) is 1.75. The fourth-order valence-corrected chi connectivity index (χ4v) is 2.69. The van der Waals surface area contributed by atoms with Crippen LogP contribution in [0.15, 0.2) is 35.2 Å². The highest BCUT2D eigenvalue weighted by Crippen LogP contribution is 2.18. The third-order valence-corrected chi connectivity index (χ3v) is 3.88. The number of hydrogen-bond acceptors (Lipinski definition) is 2. The second kappa shape index (κ2) is 9.55. The van der Waals surface area contributed by atoms with E-state index in [-0.39, 0.29) is 0 Å². The summed E-state index contributed by atoms with van der Waals surface area (Å²) in [5.74, 6) is 1.24. The Bertz CT molecular complexity index is 274. The van der Waals surface area contributed by atoms with Crippen molar-refractivity contribution in [3.8, 4) is 0 Å². The van der Waals surface area contributed by atoms with Gasteiger partial charge in [-0.25, -0.2) is 0 Å². The van der Waals surface area contributed by atoms with Crippen molar-refractivity contribution in [2.45, 2.75) is 50.5 Å². The number of nitrogens with one attached hydrogen (secondary N) is 1. The lowest BCUT2D eigenvalue weighted by Crippen LogP contribution is -2.26. The standard InChI is InChI=1S/C15H25NS/c1-3-12-16-14(2)9-7-8-13-17-15-10-5-4-6-11-15/h4-6,10-11,14,16H,3,7-9,12-13H2,1-2H3. The number of unbranched alkanes of at least 4 members (excludes halogenated alkanes) is 1. The fraction of sp³-hybridized carbons (Fsp3) is 0.600. The minimum Gasteiger partial charge on any atom is -0.314 e. The predicted molar refractivity (Wildman–Crippen MR) is 78.8 cm³/mol. The Morgan fingerprint density at radius 1 is 1.18 bits per heavy atom. The molecular formula is C15H25NS. The maximum atomic E-state index is 3.53. The van der Waals surface area contributed by atoms with Crippen LogP contribution in [0.2, 0.25) is 0 Å². The van der Waals surface area contributed by atoms with Gasteiger partial charge in [-0.3, -0.25) is 0 Å². The van der Waals surface area contributed by atoms with Gasteiger partial charge in [0.2, 0.25) is 0 Å². The van der Waals surface area contributed by atoms with E-state index in [1.54, 1.807) is 0 Å². The minimum absolute atomic E-state index is 0.677. The van der Waals surface area contributed by atoms with Gasteiger partial charge in [-0.15, -0.1) is 11.8 Å². The van der Waals surface area contributed by atoms with Gasteiger partial charge in [0, 0.05) is 10.9 Å². The van der Waals surface area contributed by atoms with Gasteiger partial charge in [0.25, 0.3) is 0 Å². The molecule has 0 fully saturated rings. The summed E-state index contributed by atoms with van der Waals surface area (Å²) in [7, 11) is 0. The normalized spacial score (nSPS) is 12.6. The highest BCUT2D eigenvalue weighted by molar-refractivity contribution is 7.99. The second-order valence-electron chi connectivity index (χ2n) is 4.51. The summed E-state index contributed by atoms with van der Waals surface area (Å²) in [6, 6.07) is 11.4.